The van der Waals surface area contributed by atoms with E-state index in [2.05, 4.69) is 9.47 Å². The van der Waals surface area contributed by atoms with Crippen LogP contribution in [0.4, 0.5) is 17.6 Å². The summed E-state index contributed by atoms with van der Waals surface area (Å²) in [5, 5.41) is 0. The Labute approximate surface area is 278 Å². The van der Waals surface area contributed by atoms with Crippen LogP contribution in [0.25, 0.3) is 63.8 Å². The molecule has 0 bridgehead atoms. The molecule has 47 heavy (non-hydrogen) atoms. The number of aromatic nitrogens is 4. The van der Waals surface area contributed by atoms with Crippen LogP contribution in [0, 0.1) is 13.8 Å². The van der Waals surface area contributed by atoms with Crippen LogP contribution in [-0.2, 0) is 0 Å². The third-order valence-electron chi connectivity index (χ3n) is 7.32. The molecule has 4 aromatic heterocycles. The fourth-order valence-corrected chi connectivity index (χ4v) is 7.88. The maximum absolute atomic E-state index is 13.3. The molecule has 6 nitrogen and oxygen atoms in total. The Morgan fingerprint density at radius 3 is 1.23 bits per heavy atom. The molecule has 0 saturated carbocycles. The van der Waals surface area contributed by atoms with Crippen molar-refractivity contribution in [3.05, 3.63) is 84.2 Å². The summed E-state index contributed by atoms with van der Waals surface area (Å²) < 4.78 is 72.1. The van der Waals surface area contributed by atoms with E-state index >= 15 is 0 Å². The highest BCUT2D eigenvalue weighted by Gasteiger charge is 2.26. The van der Waals surface area contributed by atoms with Crippen LogP contribution in [0.15, 0.2) is 72.8 Å². The summed E-state index contributed by atoms with van der Waals surface area (Å²) in [5.41, 5.74) is 7.74. The fraction of sp³-hybridized carbons (Fsp3) is 0.176. The molecule has 0 aliphatic heterocycles. The number of rotatable bonds is 8. The maximum Gasteiger partial charge on any atom is 0.394 e. The Hall–Kier alpha value is -4.46. The quantitative estimate of drug-likeness (QED) is 0.148. The van der Waals surface area contributed by atoms with E-state index in [-0.39, 0.29) is 11.5 Å². The second-order valence-corrected chi connectivity index (χ2v) is 13.7. The van der Waals surface area contributed by atoms with E-state index in [1.807, 2.05) is 38.1 Å². The van der Waals surface area contributed by atoms with Crippen molar-refractivity contribution in [3.8, 4) is 53.3 Å². The zero-order valence-corrected chi connectivity index (χ0v) is 27.7. The van der Waals surface area contributed by atoms with Crippen molar-refractivity contribution in [1.82, 2.24) is 18.7 Å². The number of aryl methyl sites for hydroxylation is 2. The van der Waals surface area contributed by atoms with E-state index in [0.29, 0.717) is 35.9 Å². The molecule has 0 saturated heterocycles. The molecular formula is C34H24F4N4O2S3. The first-order chi connectivity index (χ1) is 22.3. The van der Waals surface area contributed by atoms with Gasteiger partial charge in [0.05, 0.1) is 23.1 Å². The van der Waals surface area contributed by atoms with E-state index in [1.54, 1.807) is 24.3 Å². The number of benzene rings is 3. The number of nitrogens with zero attached hydrogens (tertiary/aromatic N) is 4. The first-order valence-electron chi connectivity index (χ1n) is 14.3. The minimum Gasteiger partial charge on any atom is -0.433 e. The molecule has 0 N–H and O–H groups in total. The SMILES string of the molecule is Cc1nc2c(-c3ccc(-c4ccc(OC(C)(F)F)cc4)s3)c3nsnc3c(-c3ccc(-c4ccc(OC(C)(F)F)cc4)s3)c2nc1C. The van der Waals surface area contributed by atoms with Gasteiger partial charge in [0, 0.05) is 44.5 Å². The average Bonchev–Trinajstić information content (AvgIpc) is 3.78. The van der Waals surface area contributed by atoms with Crippen molar-refractivity contribution in [3.63, 3.8) is 0 Å². The third kappa shape index (κ3) is 6.30. The van der Waals surface area contributed by atoms with Gasteiger partial charge in [0.1, 0.15) is 33.6 Å². The Kier molecular flexibility index (Phi) is 7.72. The van der Waals surface area contributed by atoms with E-state index in [9.17, 15) is 17.6 Å². The highest BCUT2D eigenvalue weighted by Crippen LogP contribution is 2.47. The Bertz CT molecular complexity index is 2090. The van der Waals surface area contributed by atoms with Crippen LogP contribution < -0.4 is 9.47 Å². The van der Waals surface area contributed by atoms with Gasteiger partial charge in [0.15, 0.2) is 0 Å². The van der Waals surface area contributed by atoms with Gasteiger partial charge in [-0.2, -0.15) is 26.3 Å². The smallest absolute Gasteiger partial charge is 0.394 e. The van der Waals surface area contributed by atoms with Crippen molar-refractivity contribution in [2.75, 3.05) is 0 Å². The average molecular weight is 693 g/mol. The van der Waals surface area contributed by atoms with Crippen molar-refractivity contribution < 1.29 is 27.0 Å². The van der Waals surface area contributed by atoms with Crippen LogP contribution in [-0.4, -0.2) is 30.9 Å². The van der Waals surface area contributed by atoms with Crippen molar-refractivity contribution >= 4 is 56.5 Å². The molecule has 238 valence electrons. The number of hydrogen-bond acceptors (Lipinski definition) is 9. The van der Waals surface area contributed by atoms with E-state index in [0.717, 1.165) is 64.9 Å². The minimum atomic E-state index is -3.27. The molecule has 7 rings (SSSR count). The normalized spacial score (nSPS) is 12.3. The molecule has 0 aliphatic carbocycles. The van der Waals surface area contributed by atoms with Gasteiger partial charge in [-0.15, -0.1) is 22.7 Å². The lowest BCUT2D eigenvalue weighted by molar-refractivity contribution is -0.159. The summed E-state index contributed by atoms with van der Waals surface area (Å²) in [5.74, 6) is 0.166. The first-order valence-corrected chi connectivity index (χ1v) is 16.7. The molecule has 0 unspecified atom stereocenters. The number of halogens is 4. The highest BCUT2D eigenvalue weighted by atomic mass is 32.1. The number of fused-ring (bicyclic) bond motifs is 2. The summed E-state index contributed by atoms with van der Waals surface area (Å²) in [6.07, 6.45) is -6.53. The van der Waals surface area contributed by atoms with Gasteiger partial charge in [-0.05, 0) is 97.8 Å². The zero-order chi connectivity index (χ0) is 33.1. The molecule has 0 atom stereocenters. The number of ether oxygens (including phenoxy) is 2. The Morgan fingerprint density at radius 1 is 0.511 bits per heavy atom. The van der Waals surface area contributed by atoms with Crippen LogP contribution >= 0.6 is 34.4 Å². The lowest BCUT2D eigenvalue weighted by Gasteiger charge is -2.13. The predicted molar refractivity (Wildman–Crippen MR) is 180 cm³/mol. The van der Waals surface area contributed by atoms with Gasteiger partial charge in [-0.3, -0.25) is 0 Å². The predicted octanol–water partition coefficient (Wildman–Crippen LogP) is 11.0. The second kappa shape index (κ2) is 11.7. The van der Waals surface area contributed by atoms with Crippen LogP contribution in [0.5, 0.6) is 11.5 Å². The van der Waals surface area contributed by atoms with Crippen LogP contribution in [0.3, 0.4) is 0 Å². The lowest BCUT2D eigenvalue weighted by atomic mass is 10.0. The number of hydrogen-bond donors (Lipinski definition) is 0. The number of alkyl halides is 4. The molecule has 4 heterocycles. The molecule has 7 aromatic rings. The van der Waals surface area contributed by atoms with Crippen molar-refractivity contribution in [2.45, 2.75) is 39.9 Å². The van der Waals surface area contributed by atoms with Gasteiger partial charge in [-0.25, -0.2) is 9.97 Å². The van der Waals surface area contributed by atoms with Crippen LogP contribution in [0.2, 0.25) is 0 Å². The van der Waals surface area contributed by atoms with Crippen molar-refractivity contribution in [1.29, 1.82) is 0 Å². The van der Waals surface area contributed by atoms with E-state index < -0.39 is 12.2 Å². The summed E-state index contributed by atoms with van der Waals surface area (Å²) in [7, 11) is 0. The van der Waals surface area contributed by atoms with Gasteiger partial charge < -0.3 is 9.47 Å². The molecule has 13 heteroatoms. The summed E-state index contributed by atoms with van der Waals surface area (Å²) >= 11 is 4.18. The van der Waals surface area contributed by atoms with Gasteiger partial charge in [0.25, 0.3) is 0 Å². The topological polar surface area (TPSA) is 70.0 Å². The van der Waals surface area contributed by atoms with Gasteiger partial charge in [0.2, 0.25) is 0 Å². The van der Waals surface area contributed by atoms with Gasteiger partial charge in [-0.1, -0.05) is 0 Å². The number of thiophene rings is 2. The van der Waals surface area contributed by atoms with Crippen LogP contribution in [0.1, 0.15) is 25.2 Å². The molecule has 0 aliphatic rings. The molecule has 0 spiro atoms. The molecule has 0 fully saturated rings. The largest absolute Gasteiger partial charge is 0.433 e. The molecule has 3 aromatic carbocycles. The molecule has 0 radical (unpaired) electrons. The Balaban J connectivity index is 1.32. The molecule has 0 amide bonds. The fourth-order valence-electron chi connectivity index (χ4n) is 5.20. The van der Waals surface area contributed by atoms with Crippen molar-refractivity contribution in [2.24, 2.45) is 0 Å². The summed E-state index contributed by atoms with van der Waals surface area (Å²) in [4.78, 5) is 13.7. The van der Waals surface area contributed by atoms with Gasteiger partial charge >= 0.3 is 12.2 Å². The monoisotopic (exact) mass is 692 g/mol. The van der Waals surface area contributed by atoms with E-state index in [4.69, 9.17) is 18.7 Å². The lowest BCUT2D eigenvalue weighted by Crippen LogP contribution is -2.18. The third-order valence-corrected chi connectivity index (χ3v) is 10.2. The zero-order valence-electron chi connectivity index (χ0n) is 25.3. The molecular weight excluding hydrogens is 669 g/mol. The standard InChI is InChI=1S/C34H24F4N4O2S3/c1-17-18(2)40-30-28(26-16-14-24(46-26)20-7-11-22(12-8-20)44-34(4,37)38)32-31(41-47-42-32)27(29(30)39-17)25-15-13-23(45-25)19-5-9-21(10-6-19)43-33(3,35)36/h5-16H,1-4H3. The second-order valence-electron chi connectivity index (χ2n) is 11.0. The maximum atomic E-state index is 13.3. The summed E-state index contributed by atoms with van der Waals surface area (Å²) in [6.45, 7) is 5.25. The minimum absolute atomic E-state index is 0.0832. The highest BCUT2D eigenvalue weighted by molar-refractivity contribution is 7.19. The van der Waals surface area contributed by atoms with E-state index in [1.165, 1.54) is 46.9 Å². The summed E-state index contributed by atoms with van der Waals surface area (Å²) in [6, 6.07) is 21.1. The Morgan fingerprint density at radius 2 is 0.872 bits per heavy atom. The first kappa shape index (κ1) is 31.2.